The fourth-order valence-corrected chi connectivity index (χ4v) is 4.98. The number of nitrogens with one attached hydrogen (secondary N) is 2. The van der Waals surface area contributed by atoms with Gasteiger partial charge in [-0.15, -0.1) is 0 Å². The Balaban J connectivity index is 1.52. The van der Waals surface area contributed by atoms with Gasteiger partial charge in [-0.05, 0) is 36.8 Å². The minimum absolute atomic E-state index is 0.0370. The predicted octanol–water partition coefficient (Wildman–Crippen LogP) is 3.26. The normalized spacial score (nSPS) is 22.9. The van der Waals surface area contributed by atoms with E-state index in [1.165, 1.54) is 0 Å². The van der Waals surface area contributed by atoms with E-state index in [9.17, 15) is 18.3 Å². The molecule has 5 heterocycles. The van der Waals surface area contributed by atoms with Crippen LogP contribution in [0.4, 0.5) is 24.8 Å². The molecule has 34 heavy (non-hydrogen) atoms. The first-order valence-corrected chi connectivity index (χ1v) is 11.5. The summed E-state index contributed by atoms with van der Waals surface area (Å²) in [5.41, 5.74) is 1.38. The SMILES string of the molecule is OC[C@@H]1CNCCN1c1nc(C2CC=Nc3[nH]c(C(F)(F)F)cc32)nc2cncc(C3CC3)c12. The number of anilines is 1. The average molecular weight is 471 g/mol. The fourth-order valence-electron chi connectivity index (χ4n) is 4.98. The fraction of sp³-hybridized carbons (Fsp3) is 0.478. The molecular weight excluding hydrogens is 447 g/mol. The van der Waals surface area contributed by atoms with Crippen LogP contribution in [0.25, 0.3) is 10.9 Å². The van der Waals surface area contributed by atoms with Gasteiger partial charge in [0.1, 0.15) is 23.2 Å². The number of aromatic amines is 1. The zero-order chi connectivity index (χ0) is 23.4. The minimum Gasteiger partial charge on any atom is -0.394 e. The molecule has 6 rings (SSSR count). The molecule has 3 aromatic rings. The largest absolute Gasteiger partial charge is 0.431 e. The van der Waals surface area contributed by atoms with E-state index in [0.29, 0.717) is 42.3 Å². The molecule has 2 aliphatic heterocycles. The van der Waals surface area contributed by atoms with E-state index in [2.05, 4.69) is 25.2 Å². The van der Waals surface area contributed by atoms with Crippen LogP contribution in [0.5, 0.6) is 0 Å². The summed E-state index contributed by atoms with van der Waals surface area (Å²) in [6.45, 7) is 1.98. The highest BCUT2D eigenvalue weighted by molar-refractivity contribution is 5.93. The number of H-pyrrole nitrogens is 1. The lowest BCUT2D eigenvalue weighted by Gasteiger charge is -2.37. The van der Waals surface area contributed by atoms with Crippen LogP contribution >= 0.6 is 0 Å². The number of aliphatic hydroxyl groups is 1. The third-order valence-electron chi connectivity index (χ3n) is 6.86. The number of fused-ring (bicyclic) bond motifs is 2. The number of aliphatic hydroxyl groups excluding tert-OH is 1. The van der Waals surface area contributed by atoms with E-state index in [0.717, 1.165) is 42.2 Å². The molecule has 0 amide bonds. The molecule has 1 saturated carbocycles. The van der Waals surface area contributed by atoms with Crippen molar-refractivity contribution in [1.29, 1.82) is 0 Å². The third-order valence-corrected chi connectivity index (χ3v) is 6.86. The van der Waals surface area contributed by atoms with Crippen molar-refractivity contribution in [3.05, 3.63) is 41.1 Å². The molecule has 1 saturated heterocycles. The lowest BCUT2D eigenvalue weighted by Crippen LogP contribution is -2.53. The molecule has 1 unspecified atom stereocenters. The Hall–Kier alpha value is -3.05. The number of pyridine rings is 1. The molecule has 0 spiro atoms. The predicted molar refractivity (Wildman–Crippen MR) is 121 cm³/mol. The van der Waals surface area contributed by atoms with E-state index in [-0.39, 0.29) is 18.5 Å². The zero-order valence-corrected chi connectivity index (χ0v) is 18.3. The topological polar surface area (TPSA) is 102 Å². The summed E-state index contributed by atoms with van der Waals surface area (Å²) in [6, 6.07) is 0.955. The molecule has 3 aliphatic rings. The van der Waals surface area contributed by atoms with Gasteiger partial charge in [-0.3, -0.25) is 4.98 Å². The van der Waals surface area contributed by atoms with Crippen LogP contribution in [-0.2, 0) is 6.18 Å². The van der Waals surface area contributed by atoms with Gasteiger partial charge >= 0.3 is 6.18 Å². The van der Waals surface area contributed by atoms with Crippen molar-refractivity contribution in [2.75, 3.05) is 31.1 Å². The van der Waals surface area contributed by atoms with Crippen LogP contribution in [0.1, 0.15) is 53.7 Å². The maximum atomic E-state index is 13.4. The Bertz CT molecular complexity index is 1270. The van der Waals surface area contributed by atoms with Crippen LogP contribution in [0.3, 0.4) is 0 Å². The van der Waals surface area contributed by atoms with Crippen LogP contribution in [0.15, 0.2) is 23.5 Å². The molecule has 3 aromatic heterocycles. The number of nitrogens with zero attached hydrogens (tertiary/aromatic N) is 5. The van der Waals surface area contributed by atoms with Gasteiger partial charge in [-0.2, -0.15) is 13.2 Å². The Morgan fingerprint density at radius 2 is 2.00 bits per heavy atom. The Morgan fingerprint density at radius 1 is 1.15 bits per heavy atom. The van der Waals surface area contributed by atoms with E-state index >= 15 is 0 Å². The van der Waals surface area contributed by atoms with Crippen LogP contribution < -0.4 is 10.2 Å². The van der Waals surface area contributed by atoms with Crippen molar-refractivity contribution in [1.82, 2.24) is 25.3 Å². The van der Waals surface area contributed by atoms with Crippen molar-refractivity contribution in [2.24, 2.45) is 4.99 Å². The minimum atomic E-state index is -4.49. The second kappa shape index (κ2) is 8.02. The third kappa shape index (κ3) is 3.63. The highest BCUT2D eigenvalue weighted by Crippen LogP contribution is 2.46. The number of hydrogen-bond acceptors (Lipinski definition) is 7. The average Bonchev–Trinajstić information content (AvgIpc) is 3.59. The molecule has 0 radical (unpaired) electrons. The summed E-state index contributed by atoms with van der Waals surface area (Å²) in [4.78, 5) is 22.9. The Labute approximate surface area is 193 Å². The maximum absolute atomic E-state index is 13.4. The van der Waals surface area contributed by atoms with Crippen LogP contribution in [0, 0.1) is 0 Å². The second-order valence-electron chi connectivity index (χ2n) is 9.12. The van der Waals surface area contributed by atoms with Gasteiger partial charge in [0, 0.05) is 43.0 Å². The van der Waals surface area contributed by atoms with E-state index in [4.69, 9.17) is 9.97 Å². The molecular formula is C23H24F3N7O. The summed E-state index contributed by atoms with van der Waals surface area (Å²) in [7, 11) is 0. The van der Waals surface area contributed by atoms with Crippen molar-refractivity contribution in [3.63, 3.8) is 0 Å². The lowest BCUT2D eigenvalue weighted by molar-refractivity contribution is -0.140. The van der Waals surface area contributed by atoms with Gasteiger partial charge in [0.25, 0.3) is 0 Å². The number of piperazine rings is 1. The quantitative estimate of drug-likeness (QED) is 0.540. The maximum Gasteiger partial charge on any atom is 0.431 e. The van der Waals surface area contributed by atoms with Crippen molar-refractivity contribution in [3.8, 4) is 0 Å². The van der Waals surface area contributed by atoms with Gasteiger partial charge < -0.3 is 20.3 Å². The van der Waals surface area contributed by atoms with Gasteiger partial charge in [-0.1, -0.05) is 0 Å². The number of aliphatic imine (C=N–C) groups is 1. The molecule has 2 atom stereocenters. The number of alkyl halides is 3. The molecule has 8 nitrogen and oxygen atoms in total. The molecule has 11 heteroatoms. The summed E-state index contributed by atoms with van der Waals surface area (Å²) >= 11 is 0. The lowest BCUT2D eigenvalue weighted by atomic mass is 9.94. The Morgan fingerprint density at radius 3 is 2.76 bits per heavy atom. The van der Waals surface area contributed by atoms with Crippen molar-refractivity contribution >= 4 is 28.8 Å². The van der Waals surface area contributed by atoms with Gasteiger partial charge in [-0.25, -0.2) is 15.0 Å². The first kappa shape index (κ1) is 21.5. The van der Waals surface area contributed by atoms with Gasteiger partial charge in [0.05, 0.1) is 30.3 Å². The monoisotopic (exact) mass is 471 g/mol. The van der Waals surface area contributed by atoms with E-state index < -0.39 is 17.8 Å². The molecule has 2 fully saturated rings. The molecule has 0 aromatic carbocycles. The number of aromatic nitrogens is 4. The number of hydrogen-bond donors (Lipinski definition) is 3. The first-order valence-electron chi connectivity index (χ1n) is 11.5. The highest BCUT2D eigenvalue weighted by atomic mass is 19.4. The van der Waals surface area contributed by atoms with Crippen molar-refractivity contribution in [2.45, 2.75) is 43.3 Å². The van der Waals surface area contributed by atoms with Gasteiger partial charge in [0.15, 0.2) is 0 Å². The first-order chi connectivity index (χ1) is 16.4. The van der Waals surface area contributed by atoms with Gasteiger partial charge in [0.2, 0.25) is 0 Å². The molecule has 1 aliphatic carbocycles. The standard InChI is InChI=1S/C23H24F3N7O/c24-23(25,26)18-7-15-14(3-4-29-20(15)31-18)21-30-17-10-28-9-16(12-1-2-12)19(17)22(32-21)33-6-5-27-8-13(33)11-34/h4,7,9-10,12-14,27,31,34H,1-3,5-6,8,11H2/t13-,14?/m0/s1. The summed E-state index contributed by atoms with van der Waals surface area (Å²) in [5, 5.41) is 14.3. The van der Waals surface area contributed by atoms with E-state index in [1.807, 2.05) is 6.20 Å². The highest BCUT2D eigenvalue weighted by Gasteiger charge is 2.37. The number of rotatable bonds is 4. The molecule has 3 N–H and O–H groups in total. The summed E-state index contributed by atoms with van der Waals surface area (Å²) in [5.74, 6) is 1.29. The summed E-state index contributed by atoms with van der Waals surface area (Å²) < 4.78 is 40.1. The van der Waals surface area contributed by atoms with E-state index in [1.54, 1.807) is 12.4 Å². The molecule has 178 valence electrons. The molecule has 0 bridgehead atoms. The zero-order valence-electron chi connectivity index (χ0n) is 18.3. The smallest absolute Gasteiger partial charge is 0.394 e. The summed E-state index contributed by atoms with van der Waals surface area (Å²) in [6.07, 6.45) is 3.24. The van der Waals surface area contributed by atoms with Crippen LogP contribution in [-0.4, -0.2) is 63.5 Å². The second-order valence-corrected chi connectivity index (χ2v) is 9.12. The number of halogens is 3. The Kier molecular flexibility index (Phi) is 5.07. The van der Waals surface area contributed by atoms with Crippen LogP contribution in [0.2, 0.25) is 0 Å². The van der Waals surface area contributed by atoms with Crippen molar-refractivity contribution < 1.29 is 18.3 Å².